The predicted octanol–water partition coefficient (Wildman–Crippen LogP) is 3.64. The summed E-state index contributed by atoms with van der Waals surface area (Å²) in [4.78, 5) is 0. The van der Waals surface area contributed by atoms with Crippen molar-refractivity contribution < 1.29 is 0 Å². The molecule has 3 unspecified atom stereocenters. The van der Waals surface area contributed by atoms with Crippen LogP contribution in [0.15, 0.2) is 0 Å². The molecule has 0 heterocycles. The number of hydrogen-bond donors (Lipinski definition) is 0. The maximum absolute atomic E-state index is 2.58. The van der Waals surface area contributed by atoms with Gasteiger partial charge >= 0.3 is 0 Å². The number of fused-ring (bicyclic) bond motifs is 1. The molecule has 0 saturated heterocycles. The Morgan fingerprint density at radius 1 is 1.55 bits per heavy atom. The van der Waals surface area contributed by atoms with E-state index in [-0.39, 0.29) is 0 Å². The molecule has 0 bridgehead atoms. The third-order valence-corrected chi connectivity index (χ3v) is 3.93. The maximum atomic E-state index is 2.58. The van der Waals surface area contributed by atoms with Gasteiger partial charge in [-0.25, -0.2) is 0 Å². The Kier molecular flexibility index (Phi) is 1.98. The molecule has 2 fully saturated rings. The van der Waals surface area contributed by atoms with Crippen molar-refractivity contribution in [1.29, 1.82) is 0 Å². The number of alkyl halides is 1. The fourth-order valence-corrected chi connectivity index (χ4v) is 4.05. The molecule has 0 N–H and O–H groups in total. The standard InChI is InChI=1S/C10H17I/c1-7-3-9-6-10(9,4-7)5-8(2)11/h7-9H,3-6H2,1-2H3/t7?,8-,9?,10?/m1/s1. The Hall–Kier alpha value is 0.730. The van der Waals surface area contributed by atoms with Crippen LogP contribution in [0.4, 0.5) is 0 Å². The van der Waals surface area contributed by atoms with E-state index in [9.17, 15) is 0 Å². The Bertz CT molecular complexity index is 164. The Morgan fingerprint density at radius 3 is 2.73 bits per heavy atom. The Morgan fingerprint density at radius 2 is 2.27 bits per heavy atom. The van der Waals surface area contributed by atoms with E-state index < -0.39 is 0 Å². The lowest BCUT2D eigenvalue weighted by atomic mass is 9.94. The monoisotopic (exact) mass is 264 g/mol. The lowest BCUT2D eigenvalue weighted by Gasteiger charge is -2.14. The van der Waals surface area contributed by atoms with Gasteiger partial charge in [0, 0.05) is 3.92 Å². The molecule has 11 heavy (non-hydrogen) atoms. The van der Waals surface area contributed by atoms with Gasteiger partial charge < -0.3 is 0 Å². The zero-order valence-electron chi connectivity index (χ0n) is 7.44. The molecule has 0 aliphatic heterocycles. The Balaban J connectivity index is 1.94. The molecule has 0 aromatic carbocycles. The average molecular weight is 264 g/mol. The average Bonchev–Trinajstić information content (AvgIpc) is 2.32. The van der Waals surface area contributed by atoms with Crippen molar-refractivity contribution in [2.24, 2.45) is 17.3 Å². The third-order valence-electron chi connectivity index (χ3n) is 3.49. The van der Waals surface area contributed by atoms with Crippen LogP contribution < -0.4 is 0 Å². The van der Waals surface area contributed by atoms with Crippen molar-refractivity contribution in [3.8, 4) is 0 Å². The SMILES string of the molecule is CC1CC2CC2(C[C@@H](C)I)C1. The summed E-state index contributed by atoms with van der Waals surface area (Å²) in [6.07, 6.45) is 6.11. The van der Waals surface area contributed by atoms with Gasteiger partial charge in [0.25, 0.3) is 0 Å². The van der Waals surface area contributed by atoms with Crippen LogP contribution in [0.5, 0.6) is 0 Å². The molecule has 2 aliphatic rings. The van der Waals surface area contributed by atoms with Crippen molar-refractivity contribution >= 4 is 22.6 Å². The molecule has 4 atom stereocenters. The van der Waals surface area contributed by atoms with Crippen molar-refractivity contribution in [3.05, 3.63) is 0 Å². The van der Waals surface area contributed by atoms with Gasteiger partial charge in [0.15, 0.2) is 0 Å². The minimum absolute atomic E-state index is 0.847. The van der Waals surface area contributed by atoms with Gasteiger partial charge in [-0.05, 0) is 42.9 Å². The summed E-state index contributed by atoms with van der Waals surface area (Å²) < 4.78 is 0.892. The molecule has 2 saturated carbocycles. The zero-order chi connectivity index (χ0) is 8.06. The lowest BCUT2D eigenvalue weighted by molar-refractivity contribution is 0.411. The zero-order valence-corrected chi connectivity index (χ0v) is 9.60. The first kappa shape index (κ1) is 8.33. The van der Waals surface area contributed by atoms with Crippen LogP contribution in [0.25, 0.3) is 0 Å². The number of halogens is 1. The lowest BCUT2D eigenvalue weighted by Crippen LogP contribution is -2.06. The maximum Gasteiger partial charge on any atom is 0.00867 e. The number of rotatable bonds is 2. The van der Waals surface area contributed by atoms with Crippen molar-refractivity contribution in [2.45, 2.75) is 43.5 Å². The van der Waals surface area contributed by atoms with Gasteiger partial charge in [-0.3, -0.25) is 0 Å². The molecule has 2 aliphatic carbocycles. The summed E-state index contributed by atoms with van der Waals surface area (Å²) in [5.41, 5.74) is 0.847. The van der Waals surface area contributed by atoms with Crippen LogP contribution in [0.3, 0.4) is 0 Å². The molecule has 0 aromatic rings. The molecule has 64 valence electrons. The summed E-state index contributed by atoms with van der Waals surface area (Å²) in [6, 6.07) is 0. The highest BCUT2D eigenvalue weighted by Gasteiger charge is 2.58. The fraction of sp³-hybridized carbons (Fsp3) is 1.00. The van der Waals surface area contributed by atoms with Crippen molar-refractivity contribution in [3.63, 3.8) is 0 Å². The number of hydrogen-bond acceptors (Lipinski definition) is 0. The van der Waals surface area contributed by atoms with Gasteiger partial charge in [-0.2, -0.15) is 0 Å². The molecule has 0 amide bonds. The smallest absolute Gasteiger partial charge is 0.00867 e. The van der Waals surface area contributed by atoms with Crippen LogP contribution in [0.1, 0.15) is 39.5 Å². The summed E-state index contributed by atoms with van der Waals surface area (Å²) in [5, 5.41) is 0. The molecule has 0 aromatic heterocycles. The highest BCUT2D eigenvalue weighted by molar-refractivity contribution is 14.1. The van der Waals surface area contributed by atoms with Gasteiger partial charge in [-0.15, -0.1) is 0 Å². The van der Waals surface area contributed by atoms with E-state index >= 15 is 0 Å². The molecular formula is C10H17I. The second kappa shape index (κ2) is 2.61. The minimum atomic E-state index is 0.847. The fourth-order valence-electron chi connectivity index (χ4n) is 3.17. The first-order valence-electron chi connectivity index (χ1n) is 4.76. The Labute approximate surface area is 83.3 Å². The van der Waals surface area contributed by atoms with Crippen molar-refractivity contribution in [2.75, 3.05) is 0 Å². The van der Waals surface area contributed by atoms with E-state index in [1.54, 1.807) is 6.42 Å². The van der Waals surface area contributed by atoms with Crippen molar-refractivity contribution in [1.82, 2.24) is 0 Å². The summed E-state index contributed by atoms with van der Waals surface area (Å²) in [7, 11) is 0. The highest BCUT2D eigenvalue weighted by atomic mass is 127. The topological polar surface area (TPSA) is 0 Å². The van der Waals surface area contributed by atoms with Gasteiger partial charge in [0.1, 0.15) is 0 Å². The summed E-state index contributed by atoms with van der Waals surface area (Å²) >= 11 is 2.58. The largest absolute Gasteiger partial charge is 0.0829 e. The van der Waals surface area contributed by atoms with Crippen LogP contribution in [0.2, 0.25) is 0 Å². The minimum Gasteiger partial charge on any atom is -0.0829 e. The van der Waals surface area contributed by atoms with Gasteiger partial charge in [-0.1, -0.05) is 36.4 Å². The molecule has 0 radical (unpaired) electrons. The normalized spacial score (nSPS) is 50.5. The first-order chi connectivity index (χ1) is 5.12. The van der Waals surface area contributed by atoms with Gasteiger partial charge in [0.05, 0.1) is 0 Å². The van der Waals surface area contributed by atoms with E-state index in [1.807, 2.05) is 0 Å². The van der Waals surface area contributed by atoms with E-state index in [4.69, 9.17) is 0 Å². The first-order valence-corrected chi connectivity index (χ1v) is 6.01. The molecule has 2 rings (SSSR count). The summed E-state index contributed by atoms with van der Waals surface area (Å²) in [5.74, 6) is 2.17. The summed E-state index contributed by atoms with van der Waals surface area (Å²) in [6.45, 7) is 4.78. The molecule has 0 spiro atoms. The van der Waals surface area contributed by atoms with Crippen LogP contribution in [0, 0.1) is 17.3 Å². The van der Waals surface area contributed by atoms with E-state index in [0.29, 0.717) is 0 Å². The van der Waals surface area contributed by atoms with Gasteiger partial charge in [0.2, 0.25) is 0 Å². The molecule has 0 nitrogen and oxygen atoms in total. The highest BCUT2D eigenvalue weighted by Crippen LogP contribution is 2.67. The van der Waals surface area contributed by atoms with E-state index in [2.05, 4.69) is 36.4 Å². The van der Waals surface area contributed by atoms with Crippen LogP contribution in [-0.4, -0.2) is 3.92 Å². The van der Waals surface area contributed by atoms with E-state index in [0.717, 1.165) is 21.2 Å². The molecular weight excluding hydrogens is 247 g/mol. The predicted molar refractivity (Wildman–Crippen MR) is 57.0 cm³/mol. The van der Waals surface area contributed by atoms with Crippen LogP contribution >= 0.6 is 22.6 Å². The molecule has 1 heteroatoms. The quantitative estimate of drug-likeness (QED) is 0.527. The second-order valence-electron chi connectivity index (χ2n) is 4.79. The van der Waals surface area contributed by atoms with E-state index in [1.165, 1.54) is 19.3 Å². The second-order valence-corrected chi connectivity index (χ2v) is 6.92. The third kappa shape index (κ3) is 1.45. The van der Waals surface area contributed by atoms with Crippen LogP contribution in [-0.2, 0) is 0 Å².